The first-order chi connectivity index (χ1) is 8.80. The molecule has 0 aliphatic heterocycles. The van der Waals surface area contributed by atoms with Crippen LogP contribution in [-0.4, -0.2) is 14.0 Å². The van der Waals surface area contributed by atoms with Crippen molar-refractivity contribution >= 4 is 10.0 Å². The molecule has 104 valence electrons. The molecule has 1 aromatic rings. The largest absolute Gasteiger partial charge is 0.241 e. The summed E-state index contributed by atoms with van der Waals surface area (Å²) < 4.78 is 27.4. The van der Waals surface area contributed by atoms with Crippen molar-refractivity contribution in [2.75, 3.05) is 0 Å². The molecule has 0 atom stereocenters. The second-order valence-electron chi connectivity index (χ2n) is 4.79. The SMILES string of the molecule is C#CC(CC)(CC)NS(=O)(=O)c1ccc(C)c(C)c1. The first-order valence-electron chi connectivity index (χ1n) is 6.39. The van der Waals surface area contributed by atoms with E-state index >= 15 is 0 Å². The molecule has 0 amide bonds. The molecule has 1 rings (SSSR count). The zero-order chi connectivity index (χ0) is 14.7. The molecule has 0 aliphatic carbocycles. The first-order valence-corrected chi connectivity index (χ1v) is 7.87. The summed E-state index contributed by atoms with van der Waals surface area (Å²) in [5.74, 6) is 2.58. The molecule has 0 saturated carbocycles. The molecule has 19 heavy (non-hydrogen) atoms. The van der Waals surface area contributed by atoms with Gasteiger partial charge in [0.05, 0.1) is 10.4 Å². The third kappa shape index (κ3) is 3.37. The summed E-state index contributed by atoms with van der Waals surface area (Å²) in [6.45, 7) is 7.60. The molecule has 1 N–H and O–H groups in total. The van der Waals surface area contributed by atoms with Crippen LogP contribution in [0.15, 0.2) is 23.1 Å². The van der Waals surface area contributed by atoms with Crippen molar-refractivity contribution in [3.8, 4) is 12.3 Å². The fourth-order valence-corrected chi connectivity index (χ4v) is 3.38. The second-order valence-corrected chi connectivity index (χ2v) is 6.47. The molecule has 0 radical (unpaired) electrons. The predicted molar refractivity (Wildman–Crippen MR) is 78.4 cm³/mol. The average molecular weight is 279 g/mol. The fourth-order valence-electron chi connectivity index (χ4n) is 1.83. The van der Waals surface area contributed by atoms with Crippen molar-refractivity contribution in [2.45, 2.75) is 51.0 Å². The highest BCUT2D eigenvalue weighted by molar-refractivity contribution is 7.89. The highest BCUT2D eigenvalue weighted by atomic mass is 32.2. The summed E-state index contributed by atoms with van der Waals surface area (Å²) in [7, 11) is -3.59. The summed E-state index contributed by atoms with van der Waals surface area (Å²) in [6, 6.07) is 5.08. The normalized spacial score (nSPS) is 12.2. The molecule has 1 aromatic carbocycles. The van der Waals surface area contributed by atoms with Crippen LogP contribution in [0.3, 0.4) is 0 Å². The van der Waals surface area contributed by atoms with Crippen LogP contribution in [-0.2, 0) is 10.0 Å². The number of nitrogens with one attached hydrogen (secondary N) is 1. The van der Waals surface area contributed by atoms with Crippen molar-refractivity contribution in [3.05, 3.63) is 29.3 Å². The van der Waals surface area contributed by atoms with Gasteiger partial charge in [-0.25, -0.2) is 8.42 Å². The summed E-state index contributed by atoms with van der Waals surface area (Å²) in [5.41, 5.74) is 1.20. The molecule has 0 heterocycles. The van der Waals surface area contributed by atoms with E-state index in [-0.39, 0.29) is 4.90 Å². The molecule has 0 aliphatic rings. The maximum atomic E-state index is 12.4. The Balaban J connectivity index is 3.18. The number of benzene rings is 1. The van der Waals surface area contributed by atoms with Crippen LogP contribution >= 0.6 is 0 Å². The number of rotatable bonds is 5. The Kier molecular flexibility index (Phi) is 4.78. The van der Waals surface area contributed by atoms with Crippen LogP contribution in [0.25, 0.3) is 0 Å². The van der Waals surface area contributed by atoms with Gasteiger partial charge < -0.3 is 0 Å². The summed E-state index contributed by atoms with van der Waals surface area (Å²) in [5, 5.41) is 0. The molecule has 0 bridgehead atoms. The molecule has 0 saturated heterocycles. The topological polar surface area (TPSA) is 46.2 Å². The van der Waals surface area contributed by atoms with Gasteiger partial charge in [-0.2, -0.15) is 4.72 Å². The van der Waals surface area contributed by atoms with Gasteiger partial charge in [-0.15, -0.1) is 6.42 Å². The molecule has 0 unspecified atom stereocenters. The van der Waals surface area contributed by atoms with Gasteiger partial charge in [0.1, 0.15) is 0 Å². The lowest BCUT2D eigenvalue weighted by Gasteiger charge is -2.26. The Morgan fingerprint density at radius 1 is 1.21 bits per heavy atom. The van der Waals surface area contributed by atoms with Crippen LogP contribution in [0.4, 0.5) is 0 Å². The predicted octanol–water partition coefficient (Wildman–Crippen LogP) is 2.77. The van der Waals surface area contributed by atoms with Crippen molar-refractivity contribution in [1.82, 2.24) is 4.72 Å². The minimum absolute atomic E-state index is 0.261. The van der Waals surface area contributed by atoms with Crippen LogP contribution in [0.5, 0.6) is 0 Å². The van der Waals surface area contributed by atoms with E-state index in [1.165, 1.54) is 0 Å². The maximum absolute atomic E-state index is 12.4. The van der Waals surface area contributed by atoms with Crippen molar-refractivity contribution in [2.24, 2.45) is 0 Å². The standard InChI is InChI=1S/C15H21NO2S/c1-6-15(7-2,8-3)16-19(17,18)14-10-9-12(4)13(5)11-14/h1,9-11,16H,7-8H2,2-5H3. The molecule has 0 fully saturated rings. The molecule has 0 aromatic heterocycles. The fraction of sp³-hybridized carbons (Fsp3) is 0.467. The van der Waals surface area contributed by atoms with E-state index < -0.39 is 15.6 Å². The van der Waals surface area contributed by atoms with Gasteiger partial charge >= 0.3 is 0 Å². The number of hydrogen-bond donors (Lipinski definition) is 1. The van der Waals surface area contributed by atoms with E-state index in [2.05, 4.69) is 10.6 Å². The van der Waals surface area contributed by atoms with E-state index in [0.717, 1.165) is 11.1 Å². The lowest BCUT2D eigenvalue weighted by molar-refractivity contribution is 0.451. The minimum Gasteiger partial charge on any atom is -0.207 e. The first kappa shape index (κ1) is 15.7. The highest BCUT2D eigenvalue weighted by Gasteiger charge is 2.30. The zero-order valence-corrected chi connectivity index (χ0v) is 12.8. The highest BCUT2D eigenvalue weighted by Crippen LogP contribution is 2.20. The van der Waals surface area contributed by atoms with E-state index in [9.17, 15) is 8.42 Å². The van der Waals surface area contributed by atoms with Crippen LogP contribution in [0.2, 0.25) is 0 Å². The van der Waals surface area contributed by atoms with Crippen molar-refractivity contribution in [1.29, 1.82) is 0 Å². The van der Waals surface area contributed by atoms with Gasteiger partial charge in [-0.3, -0.25) is 0 Å². The smallest absolute Gasteiger partial charge is 0.207 e. The summed E-state index contributed by atoms with van der Waals surface area (Å²) in [4.78, 5) is 0.261. The zero-order valence-electron chi connectivity index (χ0n) is 11.9. The summed E-state index contributed by atoms with van der Waals surface area (Å²) in [6.07, 6.45) is 6.61. The monoisotopic (exact) mass is 279 g/mol. The Labute approximate surface area is 116 Å². The number of hydrogen-bond acceptors (Lipinski definition) is 2. The molecule has 0 spiro atoms. The van der Waals surface area contributed by atoms with E-state index in [4.69, 9.17) is 6.42 Å². The second kappa shape index (κ2) is 5.77. The van der Waals surface area contributed by atoms with Crippen LogP contribution < -0.4 is 4.72 Å². The van der Waals surface area contributed by atoms with Crippen molar-refractivity contribution in [3.63, 3.8) is 0 Å². The van der Waals surface area contributed by atoms with Gasteiger partial charge in [0.15, 0.2) is 0 Å². The number of sulfonamides is 1. The Morgan fingerprint density at radius 2 is 1.79 bits per heavy atom. The van der Waals surface area contributed by atoms with Gasteiger partial charge in [-0.05, 0) is 49.9 Å². The molecular formula is C15H21NO2S. The minimum atomic E-state index is -3.59. The lowest BCUT2D eigenvalue weighted by Crippen LogP contribution is -2.46. The third-order valence-corrected chi connectivity index (χ3v) is 5.14. The number of aryl methyl sites for hydroxylation is 2. The van der Waals surface area contributed by atoms with Crippen LogP contribution in [0.1, 0.15) is 37.8 Å². The van der Waals surface area contributed by atoms with Crippen LogP contribution in [0, 0.1) is 26.2 Å². The Morgan fingerprint density at radius 3 is 2.21 bits per heavy atom. The molecule has 4 heteroatoms. The third-order valence-electron chi connectivity index (χ3n) is 3.60. The number of terminal acetylenes is 1. The van der Waals surface area contributed by atoms with Gasteiger partial charge in [0, 0.05) is 0 Å². The summed E-state index contributed by atoms with van der Waals surface area (Å²) >= 11 is 0. The quantitative estimate of drug-likeness (QED) is 0.842. The lowest BCUT2D eigenvalue weighted by atomic mass is 9.96. The molecule has 3 nitrogen and oxygen atoms in total. The van der Waals surface area contributed by atoms with E-state index in [1.54, 1.807) is 18.2 Å². The van der Waals surface area contributed by atoms with E-state index in [1.807, 2.05) is 27.7 Å². The Bertz CT molecular complexity index is 593. The van der Waals surface area contributed by atoms with E-state index in [0.29, 0.717) is 12.8 Å². The Hall–Kier alpha value is -1.31. The van der Waals surface area contributed by atoms with Gasteiger partial charge in [-0.1, -0.05) is 25.8 Å². The van der Waals surface area contributed by atoms with Gasteiger partial charge in [0.2, 0.25) is 10.0 Å². The average Bonchev–Trinajstić information content (AvgIpc) is 2.39. The van der Waals surface area contributed by atoms with Gasteiger partial charge in [0.25, 0.3) is 0 Å². The van der Waals surface area contributed by atoms with Crippen molar-refractivity contribution < 1.29 is 8.42 Å². The maximum Gasteiger partial charge on any atom is 0.241 e. The molecular weight excluding hydrogens is 258 g/mol.